The van der Waals surface area contributed by atoms with Gasteiger partial charge in [-0.2, -0.15) is 10.4 Å². The van der Waals surface area contributed by atoms with E-state index in [1.54, 1.807) is 13.8 Å². The van der Waals surface area contributed by atoms with Crippen LogP contribution in [0.2, 0.25) is 0 Å². The second kappa shape index (κ2) is 15.2. The largest absolute Gasteiger partial charge is 0.462 e. The van der Waals surface area contributed by atoms with E-state index in [0.717, 1.165) is 19.2 Å². The molecule has 2 aromatic rings. The summed E-state index contributed by atoms with van der Waals surface area (Å²) in [6, 6.07) is 3.67. The van der Waals surface area contributed by atoms with E-state index in [-0.39, 0.29) is 17.4 Å². The lowest BCUT2D eigenvalue weighted by Crippen LogP contribution is -2.41. The van der Waals surface area contributed by atoms with Crippen molar-refractivity contribution in [2.24, 2.45) is 5.92 Å². The van der Waals surface area contributed by atoms with Gasteiger partial charge in [0.25, 0.3) is 0 Å². The van der Waals surface area contributed by atoms with Gasteiger partial charge in [-0.3, -0.25) is 18.6 Å². The van der Waals surface area contributed by atoms with Gasteiger partial charge in [-0.1, -0.05) is 26.7 Å². The maximum atomic E-state index is 13.8. The highest BCUT2D eigenvalue weighted by Crippen LogP contribution is 2.47. The Morgan fingerprint density at radius 1 is 1.20 bits per heavy atom. The highest BCUT2D eigenvalue weighted by molar-refractivity contribution is 7.51. The summed E-state index contributed by atoms with van der Waals surface area (Å²) in [6.45, 7) is 7.08. The normalized spacial score (nSPS) is 23.9. The fraction of sp³-hybridized carbons (Fsp3) is 0.667. The summed E-state index contributed by atoms with van der Waals surface area (Å²) in [5.41, 5.74) is 4.15. The van der Waals surface area contributed by atoms with Crippen molar-refractivity contribution < 1.29 is 47.6 Å². The standard InChI is InChI=1S/C27H41N6O10P/c1-6-8-18(9-7-2)26(37)39-15-41-44(38,32-17(5)25(36)42-16(3)4)40-12-20-22(34)23(35)27(13-28,43-20)21-11-10-19-24(29)30-14-31-33(19)21/h10-11,14,16-18,20,22-23,34-35H,6-9,12,15H2,1-5H3,(H,32,38)(H2,29,30,31)/t17-,20+,22+,23+,27-,44?/m0/s1. The Hall–Kier alpha value is -3.16. The van der Waals surface area contributed by atoms with Crippen molar-refractivity contribution >= 4 is 31.0 Å². The number of aliphatic hydroxyl groups is 2. The van der Waals surface area contributed by atoms with Crippen LogP contribution < -0.4 is 10.8 Å². The van der Waals surface area contributed by atoms with E-state index in [4.69, 9.17) is 29.0 Å². The van der Waals surface area contributed by atoms with Crippen LogP contribution in [0.3, 0.4) is 0 Å². The summed E-state index contributed by atoms with van der Waals surface area (Å²) in [4.78, 5) is 28.9. The number of nitrogens with zero attached hydrogens (tertiary/aromatic N) is 4. The number of esters is 2. The fourth-order valence-electron chi connectivity index (χ4n) is 4.81. The Labute approximate surface area is 255 Å². The Morgan fingerprint density at radius 3 is 2.50 bits per heavy atom. The number of nitrogen functional groups attached to an aromatic ring is 1. The summed E-state index contributed by atoms with van der Waals surface area (Å²) < 4.78 is 42.1. The number of fused-ring (bicyclic) bond motifs is 1. The minimum atomic E-state index is -4.47. The molecular weight excluding hydrogens is 599 g/mol. The van der Waals surface area contributed by atoms with Gasteiger partial charge in [0.05, 0.1) is 24.3 Å². The fourth-order valence-corrected chi connectivity index (χ4v) is 6.14. The summed E-state index contributed by atoms with van der Waals surface area (Å²) in [6.07, 6.45) is -1.48. The molecule has 0 aromatic carbocycles. The molecule has 6 atom stereocenters. The Kier molecular flexibility index (Phi) is 12.2. The van der Waals surface area contributed by atoms with Gasteiger partial charge in [0.15, 0.2) is 5.82 Å². The number of nitrogens with one attached hydrogen (secondary N) is 1. The first-order valence-corrected chi connectivity index (χ1v) is 15.9. The van der Waals surface area contributed by atoms with E-state index in [2.05, 4.69) is 15.2 Å². The molecule has 1 fully saturated rings. The molecule has 0 spiro atoms. The molecule has 3 rings (SSSR count). The molecule has 1 aliphatic heterocycles. The average Bonchev–Trinajstić information content (AvgIpc) is 3.52. The van der Waals surface area contributed by atoms with Crippen molar-refractivity contribution in [3.63, 3.8) is 0 Å². The number of nitriles is 1. The summed E-state index contributed by atoms with van der Waals surface area (Å²) in [5.74, 6) is -1.55. The van der Waals surface area contributed by atoms with Crippen LogP contribution in [0.15, 0.2) is 18.5 Å². The molecule has 0 radical (unpaired) electrons. The van der Waals surface area contributed by atoms with Crippen molar-refractivity contribution in [2.45, 2.75) is 96.4 Å². The minimum absolute atomic E-state index is 0.0568. The third kappa shape index (κ3) is 7.91. The van der Waals surface area contributed by atoms with Crippen LogP contribution in [-0.2, 0) is 43.0 Å². The minimum Gasteiger partial charge on any atom is -0.462 e. The number of nitrogens with two attached hydrogens (primary N) is 1. The second-order valence-electron chi connectivity index (χ2n) is 10.7. The predicted molar refractivity (Wildman–Crippen MR) is 154 cm³/mol. The van der Waals surface area contributed by atoms with E-state index < -0.39 is 69.1 Å². The zero-order chi connectivity index (χ0) is 32.7. The molecule has 5 N–H and O–H groups in total. The molecule has 17 heteroatoms. The Balaban J connectivity index is 1.79. The van der Waals surface area contributed by atoms with Crippen LogP contribution in [0.25, 0.3) is 5.52 Å². The number of aromatic nitrogens is 3. The number of aliphatic hydroxyl groups excluding tert-OH is 2. The number of anilines is 1. The summed E-state index contributed by atoms with van der Waals surface area (Å²) >= 11 is 0. The molecule has 0 aliphatic carbocycles. The van der Waals surface area contributed by atoms with Crippen molar-refractivity contribution in [3.05, 3.63) is 24.2 Å². The Morgan fingerprint density at radius 2 is 1.89 bits per heavy atom. The number of ether oxygens (including phenoxy) is 3. The van der Waals surface area contributed by atoms with Gasteiger partial charge in [-0.15, -0.1) is 0 Å². The van der Waals surface area contributed by atoms with Crippen LogP contribution in [0.4, 0.5) is 5.82 Å². The number of carbonyl (C=O) groups excluding carboxylic acids is 2. The molecule has 0 bridgehead atoms. The van der Waals surface area contributed by atoms with E-state index in [0.29, 0.717) is 18.4 Å². The van der Waals surface area contributed by atoms with Crippen LogP contribution in [-0.4, -0.2) is 80.6 Å². The van der Waals surface area contributed by atoms with Gasteiger partial charge in [0.1, 0.15) is 42.3 Å². The van der Waals surface area contributed by atoms with Crippen molar-refractivity contribution in [1.29, 1.82) is 5.26 Å². The molecule has 0 saturated carbocycles. The van der Waals surface area contributed by atoms with Gasteiger partial charge in [-0.05, 0) is 45.7 Å². The van der Waals surface area contributed by atoms with Crippen molar-refractivity contribution in [2.75, 3.05) is 19.1 Å². The molecule has 1 aliphatic rings. The predicted octanol–water partition coefficient (Wildman–Crippen LogP) is 1.94. The van der Waals surface area contributed by atoms with Gasteiger partial charge in [0.2, 0.25) is 12.4 Å². The van der Waals surface area contributed by atoms with Gasteiger partial charge < -0.3 is 30.2 Å². The SMILES string of the molecule is CCCC(CCC)C(=O)OCOP(=O)(N[C@@H](C)C(=O)OC(C)C)OC[C@H]1O[C@@](C#N)(c2ccc3c(N)ncnn23)[C@H](O)[C@@H]1O. The second-order valence-corrected chi connectivity index (χ2v) is 12.5. The van der Waals surface area contributed by atoms with Crippen LogP contribution in [0, 0.1) is 17.2 Å². The van der Waals surface area contributed by atoms with Gasteiger partial charge in [-0.25, -0.2) is 19.2 Å². The molecular formula is C27H41N6O10P. The smallest absolute Gasteiger partial charge is 0.409 e. The topological polar surface area (TPSA) is 230 Å². The lowest BCUT2D eigenvalue weighted by molar-refractivity contribution is -0.157. The third-order valence-corrected chi connectivity index (χ3v) is 8.62. The third-order valence-electron chi connectivity index (χ3n) is 6.98. The molecule has 2 aromatic heterocycles. The average molecular weight is 641 g/mol. The first-order valence-electron chi connectivity index (χ1n) is 14.4. The maximum absolute atomic E-state index is 13.8. The van der Waals surface area contributed by atoms with Crippen molar-refractivity contribution in [3.8, 4) is 6.07 Å². The number of hydrogen-bond acceptors (Lipinski definition) is 14. The Bertz CT molecular complexity index is 1380. The van der Waals surface area contributed by atoms with E-state index in [9.17, 15) is 29.6 Å². The van der Waals surface area contributed by atoms with Gasteiger partial charge >= 0.3 is 19.7 Å². The van der Waals surface area contributed by atoms with Crippen LogP contribution in [0.1, 0.15) is 66.0 Å². The summed E-state index contributed by atoms with van der Waals surface area (Å²) in [7, 11) is -4.47. The van der Waals surface area contributed by atoms with E-state index in [1.807, 2.05) is 19.9 Å². The summed E-state index contributed by atoms with van der Waals surface area (Å²) in [5, 5.41) is 38.5. The van der Waals surface area contributed by atoms with Crippen LogP contribution >= 0.6 is 7.75 Å². The molecule has 1 unspecified atom stereocenters. The van der Waals surface area contributed by atoms with Crippen molar-refractivity contribution in [1.82, 2.24) is 19.7 Å². The first-order chi connectivity index (χ1) is 20.8. The number of hydrogen-bond donors (Lipinski definition) is 4. The van der Waals surface area contributed by atoms with E-state index >= 15 is 0 Å². The first kappa shape index (κ1) is 35.3. The molecule has 3 heterocycles. The maximum Gasteiger partial charge on any atom is 0.409 e. The lowest BCUT2D eigenvalue weighted by atomic mass is 9.92. The van der Waals surface area contributed by atoms with E-state index in [1.165, 1.54) is 23.6 Å². The zero-order valence-electron chi connectivity index (χ0n) is 25.4. The monoisotopic (exact) mass is 640 g/mol. The zero-order valence-corrected chi connectivity index (χ0v) is 26.3. The number of carbonyl (C=O) groups is 2. The van der Waals surface area contributed by atoms with Gasteiger partial charge in [0, 0.05) is 0 Å². The molecule has 44 heavy (non-hydrogen) atoms. The molecule has 0 amide bonds. The highest BCUT2D eigenvalue weighted by Gasteiger charge is 2.58. The van der Waals surface area contributed by atoms with Crippen LogP contribution in [0.5, 0.6) is 0 Å². The quantitative estimate of drug-likeness (QED) is 0.117. The highest BCUT2D eigenvalue weighted by atomic mass is 31.2. The molecule has 1 saturated heterocycles. The number of rotatable bonds is 16. The molecule has 244 valence electrons. The lowest BCUT2D eigenvalue weighted by Gasteiger charge is -2.25. The molecule has 16 nitrogen and oxygen atoms in total.